The molecule has 82 valence electrons. The van der Waals surface area contributed by atoms with E-state index in [1.54, 1.807) is 7.11 Å². The van der Waals surface area contributed by atoms with Gasteiger partial charge in [-0.1, -0.05) is 6.07 Å². The van der Waals surface area contributed by atoms with Gasteiger partial charge in [0.1, 0.15) is 11.4 Å². The molecule has 1 aliphatic rings. The Labute approximate surface area is 89.2 Å². The van der Waals surface area contributed by atoms with E-state index in [4.69, 9.17) is 10.5 Å². The second-order valence-electron chi connectivity index (χ2n) is 4.17. The van der Waals surface area contributed by atoms with Gasteiger partial charge in [-0.15, -0.1) is 0 Å². The minimum Gasteiger partial charge on any atom is -0.497 e. The number of hydrogen-bond acceptors (Lipinski definition) is 2. The van der Waals surface area contributed by atoms with E-state index in [1.807, 2.05) is 18.2 Å². The second kappa shape index (κ2) is 3.81. The van der Waals surface area contributed by atoms with Gasteiger partial charge in [-0.3, -0.25) is 0 Å². The van der Waals surface area contributed by atoms with Crippen LogP contribution in [0.15, 0.2) is 18.2 Å². The molecular formula is C12H16FNO. The van der Waals surface area contributed by atoms with Gasteiger partial charge in [0.15, 0.2) is 0 Å². The smallest absolute Gasteiger partial charge is 0.127 e. The van der Waals surface area contributed by atoms with Crippen molar-refractivity contribution in [1.82, 2.24) is 0 Å². The van der Waals surface area contributed by atoms with Crippen molar-refractivity contribution in [3.8, 4) is 5.75 Å². The first-order valence-electron chi connectivity index (χ1n) is 5.22. The summed E-state index contributed by atoms with van der Waals surface area (Å²) >= 11 is 0. The van der Waals surface area contributed by atoms with E-state index in [9.17, 15) is 4.39 Å². The summed E-state index contributed by atoms with van der Waals surface area (Å²) in [6.45, 7) is 0.110. The molecule has 15 heavy (non-hydrogen) atoms. The van der Waals surface area contributed by atoms with Gasteiger partial charge >= 0.3 is 0 Å². The molecule has 0 aliphatic heterocycles. The molecule has 2 rings (SSSR count). The average molecular weight is 209 g/mol. The molecule has 0 saturated heterocycles. The Morgan fingerprint density at radius 2 is 2.27 bits per heavy atom. The van der Waals surface area contributed by atoms with Crippen LogP contribution >= 0.6 is 0 Å². The van der Waals surface area contributed by atoms with Crippen molar-refractivity contribution >= 4 is 0 Å². The first-order valence-corrected chi connectivity index (χ1v) is 5.22. The Kier molecular flexibility index (Phi) is 2.65. The maximum absolute atomic E-state index is 14.0. The van der Waals surface area contributed by atoms with Crippen molar-refractivity contribution < 1.29 is 9.13 Å². The second-order valence-corrected chi connectivity index (χ2v) is 4.17. The lowest BCUT2D eigenvalue weighted by Crippen LogP contribution is -2.38. The number of halogens is 1. The number of hydrogen-bond donors (Lipinski definition) is 1. The van der Waals surface area contributed by atoms with E-state index >= 15 is 0 Å². The zero-order valence-corrected chi connectivity index (χ0v) is 8.92. The zero-order valence-electron chi connectivity index (χ0n) is 8.92. The Bertz CT molecular complexity index is 367. The van der Waals surface area contributed by atoms with E-state index in [0.717, 1.165) is 17.7 Å². The molecule has 1 aromatic carbocycles. The number of fused-ring (bicyclic) bond motifs is 1. The van der Waals surface area contributed by atoms with Gasteiger partial charge in [0.2, 0.25) is 0 Å². The van der Waals surface area contributed by atoms with Crippen LogP contribution in [0, 0.1) is 0 Å². The monoisotopic (exact) mass is 209 g/mol. The van der Waals surface area contributed by atoms with Gasteiger partial charge in [-0.2, -0.15) is 0 Å². The van der Waals surface area contributed by atoms with Crippen molar-refractivity contribution in [3.05, 3.63) is 29.3 Å². The van der Waals surface area contributed by atoms with Crippen molar-refractivity contribution in [3.63, 3.8) is 0 Å². The highest BCUT2D eigenvalue weighted by atomic mass is 19.1. The summed E-state index contributed by atoms with van der Waals surface area (Å²) in [5, 5.41) is 0. The van der Waals surface area contributed by atoms with Crippen molar-refractivity contribution in [2.75, 3.05) is 13.7 Å². The molecule has 2 N–H and O–H groups in total. The molecule has 0 heterocycles. The molecule has 0 amide bonds. The van der Waals surface area contributed by atoms with Gasteiger partial charge in [-0.05, 0) is 36.1 Å². The van der Waals surface area contributed by atoms with Gasteiger partial charge in [0.25, 0.3) is 0 Å². The van der Waals surface area contributed by atoms with E-state index in [-0.39, 0.29) is 6.54 Å². The van der Waals surface area contributed by atoms with Gasteiger partial charge < -0.3 is 10.5 Å². The first-order chi connectivity index (χ1) is 7.17. The number of methoxy groups -OCH3 is 1. The zero-order chi connectivity index (χ0) is 10.9. The Balaban J connectivity index is 2.28. The van der Waals surface area contributed by atoms with Gasteiger partial charge in [0.05, 0.1) is 7.11 Å². The van der Waals surface area contributed by atoms with Crippen molar-refractivity contribution in [2.24, 2.45) is 5.73 Å². The third-order valence-corrected chi connectivity index (χ3v) is 3.13. The summed E-state index contributed by atoms with van der Waals surface area (Å²) in [5.74, 6) is 0.841. The average Bonchev–Trinajstić information content (AvgIpc) is 2.28. The molecule has 0 saturated carbocycles. The Hall–Kier alpha value is -1.09. The van der Waals surface area contributed by atoms with Crippen LogP contribution < -0.4 is 10.5 Å². The van der Waals surface area contributed by atoms with Crippen molar-refractivity contribution in [2.45, 2.75) is 24.9 Å². The predicted molar refractivity (Wildman–Crippen MR) is 57.9 cm³/mol. The topological polar surface area (TPSA) is 35.2 Å². The largest absolute Gasteiger partial charge is 0.497 e. The van der Waals surface area contributed by atoms with E-state index in [1.165, 1.54) is 5.56 Å². The molecule has 0 spiro atoms. The summed E-state index contributed by atoms with van der Waals surface area (Å²) in [6.07, 6.45) is 1.70. The number of nitrogens with two attached hydrogens (primary N) is 1. The van der Waals surface area contributed by atoms with Gasteiger partial charge in [-0.25, -0.2) is 4.39 Å². The summed E-state index contributed by atoms with van der Waals surface area (Å²) in [7, 11) is 1.64. The van der Waals surface area contributed by atoms with Crippen LogP contribution in [0.25, 0.3) is 0 Å². The predicted octanol–water partition coefficient (Wildman–Crippen LogP) is 1.85. The lowest BCUT2D eigenvalue weighted by Gasteiger charge is -2.30. The minimum absolute atomic E-state index is 0.110. The molecule has 1 unspecified atom stereocenters. The lowest BCUT2D eigenvalue weighted by molar-refractivity contribution is 0.151. The SMILES string of the molecule is COc1ccc2c(c1)CCC(F)(CN)C2. The van der Waals surface area contributed by atoms with Gasteiger partial charge in [0, 0.05) is 13.0 Å². The quantitative estimate of drug-likeness (QED) is 0.806. The molecule has 0 fully saturated rings. The summed E-state index contributed by atoms with van der Waals surface area (Å²) in [5.41, 5.74) is 6.50. The van der Waals surface area contributed by atoms with E-state index in [0.29, 0.717) is 12.8 Å². The molecule has 0 radical (unpaired) electrons. The third-order valence-electron chi connectivity index (χ3n) is 3.13. The van der Waals surface area contributed by atoms with Crippen LogP contribution in [0.4, 0.5) is 4.39 Å². The minimum atomic E-state index is -1.21. The summed E-state index contributed by atoms with van der Waals surface area (Å²) in [6, 6.07) is 5.81. The van der Waals surface area contributed by atoms with Crippen LogP contribution in [0.3, 0.4) is 0 Å². The first kappa shape index (κ1) is 10.4. The fourth-order valence-electron chi connectivity index (χ4n) is 2.10. The van der Waals surface area contributed by atoms with Crippen LogP contribution in [-0.2, 0) is 12.8 Å². The lowest BCUT2D eigenvalue weighted by atomic mass is 9.82. The van der Waals surface area contributed by atoms with Crippen molar-refractivity contribution in [1.29, 1.82) is 0 Å². The molecule has 1 aromatic rings. The van der Waals surface area contributed by atoms with Crippen LogP contribution in [0.5, 0.6) is 5.75 Å². The summed E-state index contributed by atoms with van der Waals surface area (Å²) in [4.78, 5) is 0. The van der Waals surface area contributed by atoms with Crippen LogP contribution in [-0.4, -0.2) is 19.3 Å². The Morgan fingerprint density at radius 3 is 2.93 bits per heavy atom. The molecule has 0 bridgehead atoms. The van der Waals surface area contributed by atoms with E-state index in [2.05, 4.69) is 0 Å². The number of ether oxygens (including phenoxy) is 1. The standard InChI is InChI=1S/C12H16FNO/c1-15-11-3-2-10-7-12(13,8-14)5-4-9(10)6-11/h2-3,6H,4-5,7-8,14H2,1H3. The highest BCUT2D eigenvalue weighted by Crippen LogP contribution is 2.32. The fourth-order valence-corrected chi connectivity index (χ4v) is 2.10. The molecule has 1 atom stereocenters. The summed E-state index contributed by atoms with van der Waals surface area (Å²) < 4.78 is 19.1. The molecule has 2 nitrogen and oxygen atoms in total. The fraction of sp³-hybridized carbons (Fsp3) is 0.500. The molecule has 0 aromatic heterocycles. The highest BCUT2D eigenvalue weighted by Gasteiger charge is 2.32. The number of alkyl halides is 1. The third kappa shape index (κ3) is 1.97. The number of benzene rings is 1. The highest BCUT2D eigenvalue weighted by molar-refractivity contribution is 5.38. The maximum atomic E-state index is 14.0. The van der Waals surface area contributed by atoms with E-state index < -0.39 is 5.67 Å². The normalized spacial score (nSPS) is 24.7. The molecule has 1 aliphatic carbocycles. The maximum Gasteiger partial charge on any atom is 0.127 e. The molecule has 3 heteroatoms. The Morgan fingerprint density at radius 1 is 1.47 bits per heavy atom. The molecular weight excluding hydrogens is 193 g/mol. The van der Waals surface area contributed by atoms with Crippen LogP contribution in [0.2, 0.25) is 0 Å². The van der Waals surface area contributed by atoms with Crippen LogP contribution in [0.1, 0.15) is 17.5 Å². The number of rotatable bonds is 2. The number of aryl methyl sites for hydroxylation is 1.